The van der Waals surface area contributed by atoms with Gasteiger partial charge in [0.05, 0.1) is 11.8 Å². The van der Waals surface area contributed by atoms with E-state index in [0.717, 1.165) is 18.5 Å². The molecule has 0 aromatic carbocycles. The summed E-state index contributed by atoms with van der Waals surface area (Å²) in [7, 11) is 0. The molecule has 23 heavy (non-hydrogen) atoms. The fourth-order valence-corrected chi connectivity index (χ4v) is 3.16. The molecule has 0 spiro atoms. The first kappa shape index (κ1) is 15.9. The molecule has 0 radical (unpaired) electrons. The van der Waals surface area contributed by atoms with Crippen LogP contribution in [0, 0.1) is 5.92 Å². The number of β-amino-alcohol motifs (C(OH)–C–C–N with tert-alkyl or cyclic N) is 1. The number of hydrogen-bond acceptors (Lipinski definition) is 5. The van der Waals surface area contributed by atoms with Gasteiger partial charge in [-0.1, -0.05) is 19.1 Å². The second-order valence-corrected chi connectivity index (χ2v) is 6.82. The Bertz CT molecular complexity index is 610. The van der Waals surface area contributed by atoms with Crippen molar-refractivity contribution < 1.29 is 19.8 Å². The van der Waals surface area contributed by atoms with Gasteiger partial charge in [0.2, 0.25) is 5.91 Å². The van der Waals surface area contributed by atoms with Crippen LogP contribution < -0.4 is 0 Å². The Morgan fingerprint density at radius 2 is 2.04 bits per heavy atom. The summed E-state index contributed by atoms with van der Waals surface area (Å²) < 4.78 is 1.55. The first-order valence-electron chi connectivity index (χ1n) is 8.01. The number of aromatic nitrogens is 3. The molecule has 1 aliphatic heterocycles. The molecule has 1 aromatic heterocycles. The highest BCUT2D eigenvalue weighted by Gasteiger charge is 2.42. The topological polar surface area (TPSA) is 109 Å². The van der Waals surface area contributed by atoms with E-state index in [1.54, 1.807) is 10.9 Å². The van der Waals surface area contributed by atoms with Crippen molar-refractivity contribution in [1.82, 2.24) is 19.9 Å². The van der Waals surface area contributed by atoms with E-state index >= 15 is 0 Å². The van der Waals surface area contributed by atoms with Gasteiger partial charge < -0.3 is 15.1 Å². The number of carboxylic acid groups (broad SMARTS) is 1. The second kappa shape index (κ2) is 5.92. The Balaban J connectivity index is 1.84. The number of rotatable bonds is 5. The second-order valence-electron chi connectivity index (χ2n) is 6.82. The summed E-state index contributed by atoms with van der Waals surface area (Å²) in [4.78, 5) is 25.5. The van der Waals surface area contributed by atoms with Gasteiger partial charge in [0.1, 0.15) is 12.1 Å². The van der Waals surface area contributed by atoms with E-state index in [-0.39, 0.29) is 24.8 Å². The zero-order chi connectivity index (χ0) is 16.7. The van der Waals surface area contributed by atoms with E-state index in [9.17, 15) is 19.8 Å². The molecule has 1 amide bonds. The van der Waals surface area contributed by atoms with Gasteiger partial charge in [0.15, 0.2) is 0 Å². The molecule has 1 unspecified atom stereocenters. The first-order chi connectivity index (χ1) is 10.9. The molecule has 1 aliphatic carbocycles. The number of carboxylic acids is 1. The lowest BCUT2D eigenvalue weighted by molar-refractivity contribution is -0.150. The Morgan fingerprint density at radius 3 is 2.61 bits per heavy atom. The standard InChI is InChI=1S/C15H22N4O4/c1-8(2)13(19-7-11(16-17-19)9-3-4-9)14(21)18-6-10(20)5-12(18)15(22)23/h7-10,12-13,20H,3-6H2,1-2H3,(H,22,23)/t10-,12+,13?/m1/s1. The molecule has 3 rings (SSSR count). The van der Waals surface area contributed by atoms with E-state index in [0.29, 0.717) is 5.92 Å². The average molecular weight is 322 g/mol. The lowest BCUT2D eigenvalue weighted by atomic mass is 10.0. The summed E-state index contributed by atoms with van der Waals surface area (Å²) in [5.41, 5.74) is 0.889. The number of carbonyl (C=O) groups is 2. The van der Waals surface area contributed by atoms with Crippen LogP contribution >= 0.6 is 0 Å². The maximum absolute atomic E-state index is 12.9. The summed E-state index contributed by atoms with van der Waals surface area (Å²) >= 11 is 0. The van der Waals surface area contributed by atoms with Gasteiger partial charge in [-0.25, -0.2) is 9.48 Å². The maximum atomic E-state index is 12.9. The summed E-state index contributed by atoms with van der Waals surface area (Å²) in [5, 5.41) is 27.3. The van der Waals surface area contributed by atoms with Crippen molar-refractivity contribution in [2.75, 3.05) is 6.54 Å². The lowest BCUT2D eigenvalue weighted by Crippen LogP contribution is -2.45. The van der Waals surface area contributed by atoms with Crippen molar-refractivity contribution in [3.63, 3.8) is 0 Å². The highest BCUT2D eigenvalue weighted by Crippen LogP contribution is 2.39. The molecule has 8 heteroatoms. The number of aliphatic hydroxyl groups is 1. The van der Waals surface area contributed by atoms with Gasteiger partial charge in [-0.05, 0) is 18.8 Å². The van der Waals surface area contributed by atoms with Crippen LogP contribution in [0.4, 0.5) is 0 Å². The lowest BCUT2D eigenvalue weighted by Gasteiger charge is -2.28. The number of nitrogens with zero attached hydrogens (tertiary/aromatic N) is 4. The van der Waals surface area contributed by atoms with Crippen LogP contribution in [0.1, 0.15) is 50.8 Å². The van der Waals surface area contributed by atoms with E-state index in [4.69, 9.17) is 0 Å². The fraction of sp³-hybridized carbons (Fsp3) is 0.733. The number of carbonyl (C=O) groups excluding carboxylic acids is 1. The van der Waals surface area contributed by atoms with Crippen molar-refractivity contribution in [2.45, 2.75) is 57.2 Å². The largest absolute Gasteiger partial charge is 0.480 e. The van der Waals surface area contributed by atoms with E-state index < -0.39 is 24.2 Å². The predicted molar refractivity (Wildman–Crippen MR) is 79.6 cm³/mol. The van der Waals surface area contributed by atoms with Crippen molar-refractivity contribution in [3.8, 4) is 0 Å². The zero-order valence-corrected chi connectivity index (χ0v) is 13.3. The van der Waals surface area contributed by atoms with Crippen LogP contribution in [0.5, 0.6) is 0 Å². The number of aliphatic carboxylic acids is 1. The summed E-state index contributed by atoms with van der Waals surface area (Å²) in [6, 6.07) is -1.59. The molecule has 126 valence electrons. The minimum atomic E-state index is -1.09. The molecule has 2 N–H and O–H groups in total. The highest BCUT2D eigenvalue weighted by atomic mass is 16.4. The third-order valence-electron chi connectivity index (χ3n) is 4.54. The molecule has 0 bridgehead atoms. The predicted octanol–water partition coefficient (Wildman–Crippen LogP) is 0.399. The van der Waals surface area contributed by atoms with Gasteiger partial charge in [-0.2, -0.15) is 0 Å². The molecular formula is C15H22N4O4. The van der Waals surface area contributed by atoms with Crippen LogP contribution in [-0.2, 0) is 9.59 Å². The Kier molecular flexibility index (Phi) is 4.09. The zero-order valence-electron chi connectivity index (χ0n) is 13.3. The van der Waals surface area contributed by atoms with Gasteiger partial charge in [0, 0.05) is 25.1 Å². The third kappa shape index (κ3) is 3.08. The van der Waals surface area contributed by atoms with Gasteiger partial charge >= 0.3 is 5.97 Å². The molecule has 8 nitrogen and oxygen atoms in total. The summed E-state index contributed by atoms with van der Waals surface area (Å²) in [6.07, 6.45) is 3.25. The van der Waals surface area contributed by atoms with Crippen molar-refractivity contribution >= 4 is 11.9 Å². The average Bonchev–Trinajstić information content (AvgIpc) is 3.08. The number of aliphatic hydroxyl groups excluding tert-OH is 1. The Labute approximate surface area is 134 Å². The molecule has 1 saturated heterocycles. The number of amides is 1. The van der Waals surface area contributed by atoms with Crippen LogP contribution in [-0.4, -0.2) is 60.7 Å². The Morgan fingerprint density at radius 1 is 1.35 bits per heavy atom. The highest BCUT2D eigenvalue weighted by molar-refractivity contribution is 5.87. The van der Waals surface area contributed by atoms with Gasteiger partial charge in [0.25, 0.3) is 0 Å². The van der Waals surface area contributed by atoms with Crippen molar-refractivity contribution in [1.29, 1.82) is 0 Å². The smallest absolute Gasteiger partial charge is 0.326 e. The number of likely N-dealkylation sites (tertiary alicyclic amines) is 1. The fourth-order valence-electron chi connectivity index (χ4n) is 3.16. The molecule has 3 atom stereocenters. The minimum absolute atomic E-state index is 0.0448. The van der Waals surface area contributed by atoms with E-state index in [2.05, 4.69) is 10.3 Å². The maximum Gasteiger partial charge on any atom is 0.326 e. The summed E-state index contributed by atoms with van der Waals surface area (Å²) in [5.74, 6) is -1.04. The SMILES string of the molecule is CC(C)C(C(=O)N1C[C@H](O)C[C@H]1C(=O)O)n1cc(C2CC2)nn1. The number of hydrogen-bond donors (Lipinski definition) is 2. The van der Waals surface area contributed by atoms with Crippen LogP contribution in [0.3, 0.4) is 0 Å². The van der Waals surface area contributed by atoms with E-state index in [1.165, 1.54) is 4.90 Å². The molecule has 2 fully saturated rings. The van der Waals surface area contributed by atoms with Crippen molar-refractivity contribution in [2.24, 2.45) is 5.92 Å². The monoisotopic (exact) mass is 322 g/mol. The van der Waals surface area contributed by atoms with Gasteiger partial charge in [-0.3, -0.25) is 4.79 Å². The molecular weight excluding hydrogens is 300 g/mol. The normalized spacial score (nSPS) is 25.8. The van der Waals surface area contributed by atoms with Crippen LogP contribution in [0.15, 0.2) is 6.20 Å². The molecule has 1 aromatic rings. The quantitative estimate of drug-likeness (QED) is 0.812. The van der Waals surface area contributed by atoms with Crippen LogP contribution in [0.25, 0.3) is 0 Å². The van der Waals surface area contributed by atoms with Gasteiger partial charge in [-0.15, -0.1) is 5.10 Å². The summed E-state index contributed by atoms with van der Waals surface area (Å²) in [6.45, 7) is 3.83. The molecule has 1 saturated carbocycles. The molecule has 2 aliphatic rings. The molecule has 2 heterocycles. The minimum Gasteiger partial charge on any atom is -0.480 e. The van der Waals surface area contributed by atoms with E-state index in [1.807, 2.05) is 13.8 Å². The third-order valence-corrected chi connectivity index (χ3v) is 4.54. The van der Waals surface area contributed by atoms with Crippen molar-refractivity contribution in [3.05, 3.63) is 11.9 Å². The first-order valence-corrected chi connectivity index (χ1v) is 8.01. The van der Waals surface area contributed by atoms with Crippen LogP contribution in [0.2, 0.25) is 0 Å². The Hall–Kier alpha value is -1.96.